The molecule has 16 heavy (non-hydrogen) atoms. The van der Waals surface area contributed by atoms with Crippen LogP contribution in [0.5, 0.6) is 0 Å². The third kappa shape index (κ3) is 1.88. The van der Waals surface area contributed by atoms with E-state index in [0.29, 0.717) is 17.0 Å². The molecule has 3 N–H and O–H groups in total. The molecular weight excluding hydrogens is 210 g/mol. The molecule has 0 atom stereocenters. The first-order valence-electron chi connectivity index (χ1n) is 4.37. The second-order valence-electron chi connectivity index (χ2n) is 2.79. The highest BCUT2D eigenvalue weighted by molar-refractivity contribution is 5.95. The number of rotatable bonds is 2. The fourth-order valence-corrected chi connectivity index (χ4v) is 1.13. The van der Waals surface area contributed by atoms with Gasteiger partial charge in [0.1, 0.15) is 18.4 Å². The van der Waals surface area contributed by atoms with Gasteiger partial charge in [-0.25, -0.2) is 19.7 Å². The third-order valence-corrected chi connectivity index (χ3v) is 1.78. The number of anilines is 1. The molecule has 2 heterocycles. The number of amides is 2. The normalized spacial score (nSPS) is 9.69. The molecule has 2 rings (SSSR count). The van der Waals surface area contributed by atoms with E-state index >= 15 is 0 Å². The van der Waals surface area contributed by atoms with Gasteiger partial charge in [0.05, 0.1) is 12.4 Å². The van der Waals surface area contributed by atoms with E-state index in [1.54, 1.807) is 6.07 Å². The van der Waals surface area contributed by atoms with Gasteiger partial charge in [-0.05, 0) is 0 Å². The second kappa shape index (κ2) is 4.22. The predicted octanol–water partition coefficient (Wildman–Crippen LogP) is -0.00202. The average Bonchev–Trinajstić information content (AvgIpc) is 2.75. The van der Waals surface area contributed by atoms with Gasteiger partial charge in [-0.3, -0.25) is 5.32 Å². The lowest BCUT2D eigenvalue weighted by molar-refractivity contribution is 0.253. The van der Waals surface area contributed by atoms with E-state index in [1.165, 1.54) is 12.7 Å². The Morgan fingerprint density at radius 2 is 2.38 bits per heavy atom. The van der Waals surface area contributed by atoms with E-state index in [2.05, 4.69) is 30.6 Å². The number of H-pyrrole nitrogens is 1. The number of carbonyl (C=O) groups excluding carboxylic acids is 1. The summed E-state index contributed by atoms with van der Waals surface area (Å²) in [5.41, 5.74) is 1.00. The molecule has 0 saturated carbocycles. The van der Waals surface area contributed by atoms with Gasteiger partial charge in [0.15, 0.2) is 11.5 Å². The van der Waals surface area contributed by atoms with Crippen LogP contribution in [0.15, 0.2) is 12.7 Å². The van der Waals surface area contributed by atoms with Crippen molar-refractivity contribution in [1.29, 1.82) is 5.26 Å². The summed E-state index contributed by atoms with van der Waals surface area (Å²) >= 11 is 0. The van der Waals surface area contributed by atoms with E-state index in [9.17, 15) is 4.79 Å². The number of aromatic amines is 1. The van der Waals surface area contributed by atoms with Crippen molar-refractivity contribution in [2.45, 2.75) is 0 Å². The van der Waals surface area contributed by atoms with Gasteiger partial charge >= 0.3 is 6.03 Å². The minimum Gasteiger partial charge on any atom is -0.340 e. The number of urea groups is 1. The Morgan fingerprint density at radius 3 is 3.19 bits per heavy atom. The predicted molar refractivity (Wildman–Crippen MR) is 54.3 cm³/mol. The molecule has 2 aromatic heterocycles. The monoisotopic (exact) mass is 217 g/mol. The maximum Gasteiger partial charge on any atom is 0.321 e. The molecule has 2 amide bonds. The van der Waals surface area contributed by atoms with Crippen LogP contribution in [0.2, 0.25) is 0 Å². The molecule has 8 nitrogen and oxygen atoms in total. The Kier molecular flexibility index (Phi) is 2.60. The molecule has 0 aliphatic carbocycles. The molecule has 8 heteroatoms. The van der Waals surface area contributed by atoms with E-state index in [1.807, 2.05) is 0 Å². The van der Waals surface area contributed by atoms with Gasteiger partial charge in [0.25, 0.3) is 0 Å². The lowest BCUT2D eigenvalue weighted by Gasteiger charge is -2.03. The van der Waals surface area contributed by atoms with Crippen LogP contribution in [-0.2, 0) is 0 Å². The smallest absolute Gasteiger partial charge is 0.321 e. The summed E-state index contributed by atoms with van der Waals surface area (Å²) in [6, 6.07) is 1.29. The van der Waals surface area contributed by atoms with Gasteiger partial charge in [0.2, 0.25) is 0 Å². The number of imidazole rings is 1. The highest BCUT2D eigenvalue weighted by Gasteiger charge is 2.08. The fraction of sp³-hybridized carbons (Fsp3) is 0.125. The molecule has 0 aromatic carbocycles. The summed E-state index contributed by atoms with van der Waals surface area (Å²) < 4.78 is 0. The Hall–Kier alpha value is -2.69. The number of carbonyl (C=O) groups is 1. The van der Waals surface area contributed by atoms with Gasteiger partial charge in [-0.1, -0.05) is 0 Å². The molecule has 0 aliphatic rings. The standard InChI is InChI=1S/C8H7N7O/c9-1-2-10-8(16)15-7-5-6(12-3-11-5)13-4-14-7/h3-4H,2H2,(H3,10,11,12,13,14,15,16). The second-order valence-corrected chi connectivity index (χ2v) is 2.79. The van der Waals surface area contributed by atoms with E-state index < -0.39 is 6.03 Å². The molecule has 0 bridgehead atoms. The first-order chi connectivity index (χ1) is 7.81. The van der Waals surface area contributed by atoms with Crippen molar-refractivity contribution in [3.63, 3.8) is 0 Å². The maximum atomic E-state index is 11.3. The minimum atomic E-state index is -0.504. The van der Waals surface area contributed by atoms with Gasteiger partial charge in [-0.2, -0.15) is 5.26 Å². The highest BCUT2D eigenvalue weighted by atomic mass is 16.2. The topological polar surface area (TPSA) is 119 Å². The lowest BCUT2D eigenvalue weighted by Crippen LogP contribution is -2.29. The van der Waals surface area contributed by atoms with Crippen LogP contribution in [0.4, 0.5) is 10.6 Å². The van der Waals surface area contributed by atoms with Gasteiger partial charge in [0, 0.05) is 0 Å². The zero-order valence-corrected chi connectivity index (χ0v) is 8.06. The van der Waals surface area contributed by atoms with Crippen molar-refractivity contribution in [1.82, 2.24) is 25.3 Å². The van der Waals surface area contributed by atoms with E-state index in [-0.39, 0.29) is 6.54 Å². The van der Waals surface area contributed by atoms with E-state index in [0.717, 1.165) is 0 Å². The van der Waals surface area contributed by atoms with Crippen LogP contribution < -0.4 is 10.6 Å². The molecular formula is C8H7N7O. The highest BCUT2D eigenvalue weighted by Crippen LogP contribution is 2.13. The Morgan fingerprint density at radius 1 is 1.50 bits per heavy atom. The van der Waals surface area contributed by atoms with Crippen LogP contribution >= 0.6 is 0 Å². The minimum absolute atomic E-state index is 0.0664. The molecule has 80 valence electrons. The molecule has 0 saturated heterocycles. The molecule has 0 aliphatic heterocycles. The van der Waals surface area contributed by atoms with Crippen LogP contribution in [0.1, 0.15) is 0 Å². The molecule has 0 fully saturated rings. The quantitative estimate of drug-likeness (QED) is 0.611. The number of fused-ring (bicyclic) bond motifs is 1. The number of hydrogen-bond donors (Lipinski definition) is 3. The van der Waals surface area contributed by atoms with Crippen molar-refractivity contribution >= 4 is 23.0 Å². The SMILES string of the molecule is N#CCNC(=O)Nc1ncnc2nc[nH]c12. The summed E-state index contributed by atoms with van der Waals surface area (Å²) in [6.07, 6.45) is 2.75. The maximum absolute atomic E-state index is 11.3. The number of aromatic nitrogens is 4. The number of nitrogens with one attached hydrogen (secondary N) is 3. The number of hydrogen-bond acceptors (Lipinski definition) is 5. The zero-order chi connectivity index (χ0) is 11.4. The molecule has 0 spiro atoms. The lowest BCUT2D eigenvalue weighted by atomic mass is 10.5. The summed E-state index contributed by atoms with van der Waals surface area (Å²) in [6.45, 7) is -0.0664. The van der Waals surface area contributed by atoms with Crippen LogP contribution in [-0.4, -0.2) is 32.5 Å². The van der Waals surface area contributed by atoms with Crippen molar-refractivity contribution in [2.24, 2.45) is 0 Å². The zero-order valence-electron chi connectivity index (χ0n) is 8.06. The van der Waals surface area contributed by atoms with Crippen molar-refractivity contribution in [2.75, 3.05) is 11.9 Å². The van der Waals surface area contributed by atoms with Crippen LogP contribution in [0.3, 0.4) is 0 Å². The average molecular weight is 217 g/mol. The van der Waals surface area contributed by atoms with Gasteiger partial charge < -0.3 is 10.3 Å². The van der Waals surface area contributed by atoms with E-state index in [4.69, 9.17) is 5.26 Å². The molecule has 0 radical (unpaired) electrons. The fourth-order valence-electron chi connectivity index (χ4n) is 1.13. The van der Waals surface area contributed by atoms with Crippen molar-refractivity contribution < 1.29 is 4.79 Å². The Balaban J connectivity index is 2.18. The number of nitriles is 1. The molecule has 2 aromatic rings. The van der Waals surface area contributed by atoms with Crippen LogP contribution in [0.25, 0.3) is 11.2 Å². The summed E-state index contributed by atoms with van der Waals surface area (Å²) in [4.78, 5) is 25.8. The first-order valence-corrected chi connectivity index (χ1v) is 4.37. The van der Waals surface area contributed by atoms with Gasteiger partial charge in [-0.15, -0.1) is 0 Å². The summed E-state index contributed by atoms with van der Waals surface area (Å²) in [5, 5.41) is 13.1. The summed E-state index contributed by atoms with van der Waals surface area (Å²) in [7, 11) is 0. The Labute approximate surface area is 89.7 Å². The number of nitrogens with zero attached hydrogens (tertiary/aromatic N) is 4. The first kappa shape index (κ1) is 9.85. The molecule has 0 unspecified atom stereocenters. The van der Waals surface area contributed by atoms with Crippen molar-refractivity contribution in [3.05, 3.63) is 12.7 Å². The van der Waals surface area contributed by atoms with Crippen molar-refractivity contribution in [3.8, 4) is 6.07 Å². The third-order valence-electron chi connectivity index (χ3n) is 1.78. The van der Waals surface area contributed by atoms with Crippen LogP contribution in [0, 0.1) is 11.3 Å². The Bertz CT molecular complexity index is 555. The largest absolute Gasteiger partial charge is 0.340 e. The summed E-state index contributed by atoms with van der Waals surface area (Å²) in [5.74, 6) is 0.318.